The van der Waals surface area contributed by atoms with E-state index < -0.39 is 34.8 Å². The lowest BCUT2D eigenvalue weighted by atomic mass is 9.98. The van der Waals surface area contributed by atoms with Crippen LogP contribution in [0.3, 0.4) is 0 Å². The Morgan fingerprint density at radius 2 is 1.53 bits per heavy atom. The molecule has 2 aromatic carbocycles. The van der Waals surface area contributed by atoms with E-state index in [-0.39, 0.29) is 11.3 Å². The van der Waals surface area contributed by atoms with Crippen LogP contribution in [-0.2, 0) is 11.0 Å². The fraction of sp³-hybridized carbons (Fsp3) is 0.200. The van der Waals surface area contributed by atoms with E-state index in [0.29, 0.717) is 5.69 Å². The van der Waals surface area contributed by atoms with Crippen molar-refractivity contribution in [1.29, 1.82) is 5.26 Å². The summed E-state index contributed by atoms with van der Waals surface area (Å²) in [6.45, 7) is 4.22. The van der Waals surface area contributed by atoms with E-state index in [0.717, 1.165) is 29.0 Å². The van der Waals surface area contributed by atoms with Crippen LogP contribution in [0.4, 0.5) is 29.3 Å². The van der Waals surface area contributed by atoms with Crippen molar-refractivity contribution in [3.05, 3.63) is 77.6 Å². The molecule has 3 aromatic rings. The Morgan fingerprint density at radius 1 is 0.941 bits per heavy atom. The van der Waals surface area contributed by atoms with Crippen LogP contribution in [0, 0.1) is 18.3 Å². The number of imide groups is 1. The molecule has 0 aliphatic carbocycles. The first-order valence-corrected chi connectivity index (χ1v) is 10.3. The van der Waals surface area contributed by atoms with Crippen molar-refractivity contribution in [1.82, 2.24) is 4.98 Å². The fourth-order valence-electron chi connectivity index (χ4n) is 4.19. The summed E-state index contributed by atoms with van der Waals surface area (Å²) in [6.07, 6.45) is -1.51. The Balaban J connectivity index is 1.78. The number of rotatable bonds is 3. The molecular weight excluding hydrogens is 445 g/mol. The Bertz CT molecular complexity index is 1330. The molecule has 6 nitrogen and oxygen atoms in total. The molecule has 0 saturated carbocycles. The highest BCUT2D eigenvalue weighted by Gasteiger charge is 2.53. The first-order valence-electron chi connectivity index (χ1n) is 10.3. The summed E-state index contributed by atoms with van der Waals surface area (Å²) >= 11 is 0. The highest BCUT2D eigenvalue weighted by molar-refractivity contribution is 6.30. The van der Waals surface area contributed by atoms with Gasteiger partial charge in [-0.25, -0.2) is 9.69 Å². The van der Waals surface area contributed by atoms with Crippen molar-refractivity contribution in [3.63, 3.8) is 0 Å². The summed E-state index contributed by atoms with van der Waals surface area (Å²) in [4.78, 5) is 32.7. The van der Waals surface area contributed by atoms with Crippen molar-refractivity contribution in [2.24, 2.45) is 0 Å². The minimum absolute atomic E-state index is 0.203. The van der Waals surface area contributed by atoms with Gasteiger partial charge in [0, 0.05) is 18.1 Å². The van der Waals surface area contributed by atoms with Crippen molar-refractivity contribution in [2.45, 2.75) is 32.5 Å². The van der Waals surface area contributed by atoms with E-state index in [1.165, 1.54) is 30.9 Å². The van der Waals surface area contributed by atoms with Gasteiger partial charge in [0.15, 0.2) is 0 Å². The molecule has 9 heteroatoms. The monoisotopic (exact) mass is 464 g/mol. The maximum atomic E-state index is 13.7. The Morgan fingerprint density at radius 3 is 2.09 bits per heavy atom. The van der Waals surface area contributed by atoms with Crippen molar-refractivity contribution >= 4 is 23.3 Å². The molecule has 1 aliphatic rings. The van der Waals surface area contributed by atoms with Crippen LogP contribution in [0.25, 0.3) is 11.1 Å². The molecule has 4 rings (SSSR count). The number of nitrogens with zero attached hydrogens (tertiary/aromatic N) is 4. The minimum Gasteiger partial charge on any atom is -0.279 e. The van der Waals surface area contributed by atoms with Crippen molar-refractivity contribution in [2.75, 3.05) is 9.80 Å². The van der Waals surface area contributed by atoms with Gasteiger partial charge in [-0.05, 0) is 73.9 Å². The zero-order valence-corrected chi connectivity index (χ0v) is 18.5. The van der Waals surface area contributed by atoms with Crippen LogP contribution in [-0.4, -0.2) is 22.5 Å². The van der Waals surface area contributed by atoms with Gasteiger partial charge >= 0.3 is 12.2 Å². The maximum absolute atomic E-state index is 13.7. The van der Waals surface area contributed by atoms with E-state index in [1.54, 1.807) is 36.7 Å². The molecule has 0 N–H and O–H groups in total. The van der Waals surface area contributed by atoms with E-state index in [2.05, 4.69) is 4.98 Å². The van der Waals surface area contributed by atoms with Gasteiger partial charge in [-0.2, -0.15) is 18.4 Å². The first-order chi connectivity index (χ1) is 16.0. The van der Waals surface area contributed by atoms with Gasteiger partial charge in [0.05, 0.1) is 22.9 Å². The van der Waals surface area contributed by atoms with Crippen molar-refractivity contribution < 1.29 is 22.8 Å². The zero-order chi connectivity index (χ0) is 24.8. The van der Waals surface area contributed by atoms with Crippen LogP contribution in [0.5, 0.6) is 0 Å². The number of anilines is 2. The Hall–Kier alpha value is -4.19. The van der Waals surface area contributed by atoms with Crippen LogP contribution >= 0.6 is 0 Å². The van der Waals surface area contributed by atoms with Gasteiger partial charge in [-0.15, -0.1) is 0 Å². The summed E-state index contributed by atoms with van der Waals surface area (Å²) < 4.78 is 41.0. The standard InChI is InChI=1S/C25H19F3N4O2/c1-15-20(9-6-18(14-29)21(15)25(26,27)28)31-22(33)24(2,3)32(23(31)34)19-7-4-16(5-8-19)17-10-12-30-13-11-17/h4-13H,1-3H3. The number of hydrogen-bond donors (Lipinski definition) is 0. The van der Waals surface area contributed by atoms with E-state index in [4.69, 9.17) is 5.26 Å². The lowest BCUT2D eigenvalue weighted by Gasteiger charge is -2.27. The predicted molar refractivity (Wildman–Crippen MR) is 120 cm³/mol. The quantitative estimate of drug-likeness (QED) is 0.466. The van der Waals surface area contributed by atoms with Crippen LogP contribution < -0.4 is 9.80 Å². The second kappa shape index (κ2) is 7.99. The molecule has 0 unspecified atom stereocenters. The Kier molecular flexibility index (Phi) is 5.40. The number of alkyl halides is 3. The first kappa shape index (κ1) is 23.0. The average Bonchev–Trinajstić information content (AvgIpc) is 2.97. The number of carbonyl (C=O) groups is 2. The minimum atomic E-state index is -4.82. The van der Waals surface area contributed by atoms with Gasteiger partial charge < -0.3 is 0 Å². The molecule has 0 bridgehead atoms. The molecule has 34 heavy (non-hydrogen) atoms. The number of nitriles is 1. The van der Waals surface area contributed by atoms with Gasteiger partial charge in [0.1, 0.15) is 5.54 Å². The number of aromatic nitrogens is 1. The van der Waals surface area contributed by atoms with Gasteiger partial charge in [0.2, 0.25) is 0 Å². The molecule has 1 aromatic heterocycles. The molecule has 172 valence electrons. The third kappa shape index (κ3) is 3.57. The predicted octanol–water partition coefficient (Wildman–Crippen LogP) is 5.70. The maximum Gasteiger partial charge on any atom is 0.418 e. The molecule has 0 radical (unpaired) electrons. The number of carbonyl (C=O) groups excluding carboxylic acids is 2. The third-order valence-corrected chi connectivity index (χ3v) is 5.89. The molecule has 0 atom stereocenters. The Labute approximate surface area is 193 Å². The molecule has 1 fully saturated rings. The summed E-state index contributed by atoms with van der Waals surface area (Å²) in [6, 6.07) is 13.5. The van der Waals surface area contributed by atoms with Crippen LogP contribution in [0.1, 0.15) is 30.5 Å². The van der Waals surface area contributed by atoms with Gasteiger partial charge in [-0.1, -0.05) is 12.1 Å². The number of benzene rings is 2. The highest BCUT2D eigenvalue weighted by Crippen LogP contribution is 2.42. The van der Waals surface area contributed by atoms with E-state index in [9.17, 15) is 22.8 Å². The summed E-state index contributed by atoms with van der Waals surface area (Å²) in [5.41, 5.74) is -1.44. The summed E-state index contributed by atoms with van der Waals surface area (Å²) in [5, 5.41) is 9.14. The summed E-state index contributed by atoms with van der Waals surface area (Å²) in [7, 11) is 0. The van der Waals surface area contributed by atoms with Crippen LogP contribution in [0.2, 0.25) is 0 Å². The number of amides is 3. The lowest BCUT2D eigenvalue weighted by Crippen LogP contribution is -2.44. The largest absolute Gasteiger partial charge is 0.418 e. The second-order valence-corrected chi connectivity index (χ2v) is 8.34. The number of halogens is 3. The third-order valence-electron chi connectivity index (χ3n) is 5.89. The van der Waals surface area contributed by atoms with E-state index in [1.807, 2.05) is 12.1 Å². The van der Waals surface area contributed by atoms with Crippen molar-refractivity contribution in [3.8, 4) is 17.2 Å². The molecule has 1 aliphatic heterocycles. The average molecular weight is 464 g/mol. The normalized spacial score (nSPS) is 15.6. The molecule has 0 spiro atoms. The van der Waals surface area contributed by atoms with Gasteiger partial charge in [-0.3, -0.25) is 14.7 Å². The lowest BCUT2D eigenvalue weighted by molar-refractivity contribution is -0.138. The van der Waals surface area contributed by atoms with E-state index >= 15 is 0 Å². The molecular formula is C25H19F3N4O2. The number of pyridine rings is 1. The fourth-order valence-corrected chi connectivity index (χ4v) is 4.19. The second-order valence-electron chi connectivity index (χ2n) is 8.34. The van der Waals surface area contributed by atoms with Gasteiger partial charge in [0.25, 0.3) is 5.91 Å². The SMILES string of the molecule is Cc1c(N2C(=O)N(c3ccc(-c4ccncc4)cc3)C(C)(C)C2=O)ccc(C#N)c1C(F)(F)F. The van der Waals surface area contributed by atoms with Crippen LogP contribution in [0.15, 0.2) is 60.9 Å². The smallest absolute Gasteiger partial charge is 0.279 e. The summed E-state index contributed by atoms with van der Waals surface area (Å²) in [5.74, 6) is -0.670. The molecule has 3 amide bonds. The molecule has 1 saturated heterocycles. The molecule has 2 heterocycles. The highest BCUT2D eigenvalue weighted by atomic mass is 19.4. The topological polar surface area (TPSA) is 77.3 Å². The zero-order valence-electron chi connectivity index (χ0n) is 18.5. The number of urea groups is 1. The number of hydrogen-bond acceptors (Lipinski definition) is 4.